The van der Waals surface area contributed by atoms with Crippen LogP contribution in [0.25, 0.3) is 10.9 Å². The van der Waals surface area contributed by atoms with Gasteiger partial charge in [-0.05, 0) is 49.4 Å². The quantitative estimate of drug-likeness (QED) is 0.511. The summed E-state index contributed by atoms with van der Waals surface area (Å²) in [6.45, 7) is 2.61. The van der Waals surface area contributed by atoms with Crippen molar-refractivity contribution in [2.45, 2.75) is 6.92 Å². The van der Waals surface area contributed by atoms with Gasteiger partial charge in [-0.2, -0.15) is 4.98 Å². The van der Waals surface area contributed by atoms with Crippen LogP contribution >= 0.6 is 0 Å². The number of fused-ring (bicyclic) bond motifs is 1. The lowest BCUT2D eigenvalue weighted by molar-refractivity contribution is 0.340. The predicted molar refractivity (Wildman–Crippen MR) is 108 cm³/mol. The molecule has 2 aromatic heterocycles. The lowest BCUT2D eigenvalue weighted by atomic mass is 10.2. The number of ether oxygens (including phenoxy) is 1. The monoisotopic (exact) mass is 357 g/mol. The van der Waals surface area contributed by atoms with Gasteiger partial charge in [0.05, 0.1) is 17.8 Å². The lowest BCUT2D eigenvalue weighted by Crippen LogP contribution is -2.01. The third kappa shape index (κ3) is 3.95. The third-order valence-corrected chi connectivity index (χ3v) is 3.97. The third-order valence-electron chi connectivity index (χ3n) is 3.97. The number of benzene rings is 2. The van der Waals surface area contributed by atoms with Gasteiger partial charge in [-0.1, -0.05) is 18.2 Å². The molecule has 2 heterocycles. The summed E-state index contributed by atoms with van der Waals surface area (Å²) in [4.78, 5) is 13.3. The first-order chi connectivity index (χ1) is 13.3. The molecular formula is C21H19N5O. The van der Waals surface area contributed by atoms with Crippen molar-refractivity contribution in [1.29, 1.82) is 0 Å². The minimum atomic E-state index is 0.504. The second kappa shape index (κ2) is 7.70. The molecule has 6 heteroatoms. The van der Waals surface area contributed by atoms with Crippen molar-refractivity contribution in [3.63, 3.8) is 0 Å². The highest BCUT2D eigenvalue weighted by Gasteiger charge is 2.05. The number of aromatic nitrogens is 3. The van der Waals surface area contributed by atoms with E-state index in [0.717, 1.165) is 28.0 Å². The minimum absolute atomic E-state index is 0.504. The Hall–Kier alpha value is -3.67. The smallest absolute Gasteiger partial charge is 0.229 e. The Labute approximate surface area is 157 Å². The van der Waals surface area contributed by atoms with E-state index in [1.807, 2.05) is 67.6 Å². The molecule has 0 aliphatic rings. The number of nitrogens with zero attached hydrogens (tertiary/aromatic N) is 3. The van der Waals surface area contributed by atoms with E-state index >= 15 is 0 Å². The van der Waals surface area contributed by atoms with E-state index in [-0.39, 0.29) is 0 Å². The molecule has 0 aliphatic carbocycles. The fourth-order valence-corrected chi connectivity index (χ4v) is 2.76. The van der Waals surface area contributed by atoms with Gasteiger partial charge in [0.2, 0.25) is 5.95 Å². The topological polar surface area (TPSA) is 72.0 Å². The molecule has 0 aliphatic heterocycles. The molecular weight excluding hydrogens is 338 g/mol. The van der Waals surface area contributed by atoms with Crippen molar-refractivity contribution in [2.24, 2.45) is 0 Å². The van der Waals surface area contributed by atoms with Crippen LogP contribution in [0.5, 0.6) is 5.75 Å². The van der Waals surface area contributed by atoms with Gasteiger partial charge >= 0.3 is 0 Å². The van der Waals surface area contributed by atoms with Crippen molar-refractivity contribution in [1.82, 2.24) is 15.0 Å². The first-order valence-corrected chi connectivity index (χ1v) is 8.75. The Morgan fingerprint density at radius 3 is 2.56 bits per heavy atom. The highest BCUT2D eigenvalue weighted by Crippen LogP contribution is 2.24. The summed E-state index contributed by atoms with van der Waals surface area (Å²) in [6.07, 6.45) is 3.49. The molecule has 0 saturated heterocycles. The summed E-state index contributed by atoms with van der Waals surface area (Å²) in [6, 6.07) is 19.5. The molecule has 2 N–H and O–H groups in total. The zero-order chi connectivity index (χ0) is 18.5. The summed E-state index contributed by atoms with van der Waals surface area (Å²) in [5, 5.41) is 7.59. The van der Waals surface area contributed by atoms with Crippen LogP contribution in [0.4, 0.5) is 23.1 Å². The minimum Gasteiger partial charge on any atom is -0.494 e. The first kappa shape index (κ1) is 16.8. The highest BCUT2D eigenvalue weighted by atomic mass is 16.5. The second-order valence-corrected chi connectivity index (χ2v) is 5.85. The van der Waals surface area contributed by atoms with Crippen LogP contribution in [0.3, 0.4) is 0 Å². The summed E-state index contributed by atoms with van der Waals surface area (Å²) >= 11 is 0. The average molecular weight is 357 g/mol. The molecule has 0 bridgehead atoms. The molecule has 0 fully saturated rings. The van der Waals surface area contributed by atoms with Crippen LogP contribution in [0, 0.1) is 0 Å². The Kier molecular flexibility index (Phi) is 4.78. The van der Waals surface area contributed by atoms with Crippen molar-refractivity contribution >= 4 is 34.0 Å². The Morgan fingerprint density at radius 1 is 0.852 bits per heavy atom. The molecule has 134 valence electrons. The zero-order valence-electron chi connectivity index (χ0n) is 14.9. The zero-order valence-corrected chi connectivity index (χ0v) is 14.9. The molecule has 0 saturated carbocycles. The van der Waals surface area contributed by atoms with Gasteiger partial charge < -0.3 is 15.4 Å². The standard InChI is InChI=1S/C21H19N5O/c1-2-27-17-10-8-16(9-11-17)24-19-12-14-23-21(26-19)25-18-7-3-5-15-6-4-13-22-20(15)18/h3-14H,2H2,1H3,(H2,23,24,25,26). The summed E-state index contributed by atoms with van der Waals surface area (Å²) in [7, 11) is 0. The molecule has 0 atom stereocenters. The molecule has 0 unspecified atom stereocenters. The average Bonchev–Trinajstić information content (AvgIpc) is 2.70. The summed E-state index contributed by atoms with van der Waals surface area (Å²) in [5.74, 6) is 2.05. The number of pyridine rings is 1. The fraction of sp³-hybridized carbons (Fsp3) is 0.0952. The molecule has 4 aromatic rings. The number of anilines is 4. The van der Waals surface area contributed by atoms with E-state index in [4.69, 9.17) is 4.74 Å². The summed E-state index contributed by atoms with van der Waals surface area (Å²) < 4.78 is 5.46. The maximum atomic E-state index is 5.46. The molecule has 0 radical (unpaired) electrons. The van der Waals surface area contributed by atoms with Crippen LogP contribution in [-0.2, 0) is 0 Å². The Bertz CT molecular complexity index is 1040. The number of hydrogen-bond acceptors (Lipinski definition) is 6. The van der Waals surface area contributed by atoms with Crippen LogP contribution in [-0.4, -0.2) is 21.6 Å². The lowest BCUT2D eigenvalue weighted by Gasteiger charge is -2.10. The first-order valence-electron chi connectivity index (χ1n) is 8.75. The SMILES string of the molecule is CCOc1ccc(Nc2ccnc(Nc3cccc4cccnc34)n2)cc1. The van der Waals surface area contributed by atoms with Crippen molar-refractivity contribution < 1.29 is 4.74 Å². The highest BCUT2D eigenvalue weighted by molar-refractivity contribution is 5.91. The molecule has 27 heavy (non-hydrogen) atoms. The van der Waals surface area contributed by atoms with Gasteiger partial charge in [0.1, 0.15) is 11.6 Å². The van der Waals surface area contributed by atoms with Crippen LogP contribution < -0.4 is 15.4 Å². The number of para-hydroxylation sites is 1. The maximum absolute atomic E-state index is 5.46. The molecule has 6 nitrogen and oxygen atoms in total. The predicted octanol–water partition coefficient (Wildman–Crippen LogP) is 4.91. The van der Waals surface area contributed by atoms with Gasteiger partial charge in [-0.25, -0.2) is 4.98 Å². The van der Waals surface area contributed by atoms with E-state index in [2.05, 4.69) is 25.6 Å². The molecule has 0 amide bonds. The van der Waals surface area contributed by atoms with Gasteiger partial charge in [0, 0.05) is 23.5 Å². The van der Waals surface area contributed by atoms with Crippen molar-refractivity contribution in [3.8, 4) is 5.75 Å². The number of hydrogen-bond donors (Lipinski definition) is 2. The van der Waals surface area contributed by atoms with Crippen LogP contribution in [0.1, 0.15) is 6.92 Å². The van der Waals surface area contributed by atoms with E-state index in [1.165, 1.54) is 0 Å². The normalized spacial score (nSPS) is 10.6. The maximum Gasteiger partial charge on any atom is 0.229 e. The van der Waals surface area contributed by atoms with Crippen LogP contribution in [0.2, 0.25) is 0 Å². The van der Waals surface area contributed by atoms with Gasteiger partial charge in [-0.15, -0.1) is 0 Å². The number of rotatable bonds is 6. The van der Waals surface area contributed by atoms with Crippen molar-refractivity contribution in [3.05, 3.63) is 73.1 Å². The Morgan fingerprint density at radius 2 is 1.70 bits per heavy atom. The van der Waals surface area contributed by atoms with E-state index in [0.29, 0.717) is 18.4 Å². The summed E-state index contributed by atoms with van der Waals surface area (Å²) in [5.41, 5.74) is 2.68. The van der Waals surface area contributed by atoms with E-state index in [9.17, 15) is 0 Å². The fourth-order valence-electron chi connectivity index (χ4n) is 2.76. The van der Waals surface area contributed by atoms with E-state index in [1.54, 1.807) is 12.4 Å². The van der Waals surface area contributed by atoms with Gasteiger partial charge in [0.15, 0.2) is 0 Å². The molecule has 2 aromatic carbocycles. The van der Waals surface area contributed by atoms with E-state index < -0.39 is 0 Å². The van der Waals surface area contributed by atoms with Gasteiger partial charge in [-0.3, -0.25) is 4.98 Å². The van der Waals surface area contributed by atoms with Crippen molar-refractivity contribution in [2.75, 3.05) is 17.2 Å². The van der Waals surface area contributed by atoms with Gasteiger partial charge in [0.25, 0.3) is 0 Å². The van der Waals surface area contributed by atoms with Crippen LogP contribution in [0.15, 0.2) is 73.1 Å². The number of nitrogens with one attached hydrogen (secondary N) is 2. The largest absolute Gasteiger partial charge is 0.494 e. The Balaban J connectivity index is 1.53. The molecule has 4 rings (SSSR count). The second-order valence-electron chi connectivity index (χ2n) is 5.85. The molecule has 0 spiro atoms.